The SMILES string of the molecule is CCCCOc1ccc([SH](CCCC)CCCC)c2c(OCCCC)cccc12. The summed E-state index contributed by atoms with van der Waals surface area (Å²) in [5, 5.41) is 2.55. The average molecular weight is 419 g/mol. The number of ether oxygens (including phenoxy) is 2. The minimum absolute atomic E-state index is 0.166. The molecule has 2 aromatic rings. The molecule has 0 fully saturated rings. The Labute approximate surface area is 181 Å². The Morgan fingerprint density at radius 2 is 1.24 bits per heavy atom. The normalized spacial score (nSPS) is 11.7. The van der Waals surface area contributed by atoms with Gasteiger partial charge in [-0.1, -0.05) is 65.5 Å². The predicted molar refractivity (Wildman–Crippen MR) is 132 cm³/mol. The lowest BCUT2D eigenvalue weighted by Gasteiger charge is -2.25. The van der Waals surface area contributed by atoms with Crippen molar-refractivity contribution in [3.63, 3.8) is 0 Å². The molecule has 2 nitrogen and oxygen atoms in total. The van der Waals surface area contributed by atoms with E-state index in [0.29, 0.717) is 0 Å². The van der Waals surface area contributed by atoms with Gasteiger partial charge in [0.15, 0.2) is 0 Å². The van der Waals surface area contributed by atoms with E-state index in [2.05, 4.69) is 58.0 Å². The van der Waals surface area contributed by atoms with Crippen LogP contribution in [0.3, 0.4) is 0 Å². The molecule has 0 amide bonds. The number of fused-ring (bicyclic) bond motifs is 1. The zero-order valence-electron chi connectivity index (χ0n) is 19.1. The third-order valence-electron chi connectivity index (χ3n) is 5.36. The van der Waals surface area contributed by atoms with Crippen LogP contribution in [-0.2, 0) is 0 Å². The molecular formula is C26H42O2S. The van der Waals surface area contributed by atoms with E-state index in [1.165, 1.54) is 52.9 Å². The fourth-order valence-corrected chi connectivity index (χ4v) is 6.48. The third kappa shape index (κ3) is 7.13. The Balaban J connectivity index is 2.49. The van der Waals surface area contributed by atoms with Crippen molar-refractivity contribution in [1.29, 1.82) is 0 Å². The monoisotopic (exact) mass is 418 g/mol. The van der Waals surface area contributed by atoms with Crippen LogP contribution in [-0.4, -0.2) is 24.7 Å². The van der Waals surface area contributed by atoms with Gasteiger partial charge in [0.25, 0.3) is 0 Å². The quantitative estimate of drug-likeness (QED) is 0.232. The van der Waals surface area contributed by atoms with Gasteiger partial charge in [-0.3, -0.25) is 0 Å². The van der Waals surface area contributed by atoms with Gasteiger partial charge in [0.2, 0.25) is 0 Å². The molecule has 0 saturated heterocycles. The molecule has 0 bridgehead atoms. The molecule has 0 radical (unpaired) electrons. The van der Waals surface area contributed by atoms with E-state index in [1.54, 1.807) is 0 Å². The zero-order valence-corrected chi connectivity index (χ0v) is 20.0. The van der Waals surface area contributed by atoms with Gasteiger partial charge >= 0.3 is 0 Å². The van der Waals surface area contributed by atoms with E-state index < -0.39 is 0 Å². The topological polar surface area (TPSA) is 18.5 Å². The second-order valence-electron chi connectivity index (χ2n) is 7.86. The summed E-state index contributed by atoms with van der Waals surface area (Å²) in [5.41, 5.74) is 0. The number of hydrogen-bond acceptors (Lipinski definition) is 2. The molecule has 29 heavy (non-hydrogen) atoms. The molecule has 0 aliphatic rings. The molecule has 0 unspecified atom stereocenters. The van der Waals surface area contributed by atoms with Gasteiger partial charge in [-0.2, -0.15) is 0 Å². The summed E-state index contributed by atoms with van der Waals surface area (Å²) in [6, 6.07) is 11.1. The molecule has 0 aromatic heterocycles. The molecule has 2 rings (SSSR count). The van der Waals surface area contributed by atoms with Crippen molar-refractivity contribution in [2.45, 2.75) is 84.0 Å². The lowest BCUT2D eigenvalue weighted by Crippen LogP contribution is -2.03. The Kier molecular flexibility index (Phi) is 11.4. The van der Waals surface area contributed by atoms with Crippen LogP contribution in [0.15, 0.2) is 35.2 Å². The van der Waals surface area contributed by atoms with Crippen molar-refractivity contribution in [3.8, 4) is 11.5 Å². The molecular weight excluding hydrogens is 376 g/mol. The Morgan fingerprint density at radius 1 is 0.655 bits per heavy atom. The van der Waals surface area contributed by atoms with Crippen LogP contribution in [0.25, 0.3) is 10.8 Å². The van der Waals surface area contributed by atoms with Crippen molar-refractivity contribution < 1.29 is 9.47 Å². The summed E-state index contributed by atoms with van der Waals surface area (Å²) in [4.78, 5) is 1.52. The van der Waals surface area contributed by atoms with E-state index >= 15 is 0 Å². The van der Waals surface area contributed by atoms with Gasteiger partial charge in [0, 0.05) is 10.8 Å². The standard InChI is InChI=1S/C26H42O2S/c1-5-9-18-27-23-16-17-25(29(20-11-7-3)21-12-8-4)26-22(23)14-13-15-24(26)28-19-10-6-2/h13-17,29H,5-12,18-21H2,1-4H3. The average Bonchev–Trinajstić information content (AvgIpc) is 2.75. The van der Waals surface area contributed by atoms with Gasteiger partial charge in [-0.15, -0.1) is 0 Å². The largest absolute Gasteiger partial charge is 0.493 e. The van der Waals surface area contributed by atoms with Crippen LogP contribution in [0.1, 0.15) is 79.1 Å². The van der Waals surface area contributed by atoms with Gasteiger partial charge in [-0.25, -0.2) is 10.9 Å². The van der Waals surface area contributed by atoms with E-state index in [4.69, 9.17) is 9.47 Å². The smallest absolute Gasteiger partial charge is 0.128 e. The first-order valence-corrected chi connectivity index (χ1v) is 13.5. The van der Waals surface area contributed by atoms with Crippen molar-refractivity contribution in [2.24, 2.45) is 0 Å². The lowest BCUT2D eigenvalue weighted by molar-refractivity contribution is 0.309. The molecule has 0 N–H and O–H groups in total. The predicted octanol–water partition coefficient (Wildman–Crippen LogP) is 8.16. The van der Waals surface area contributed by atoms with Gasteiger partial charge < -0.3 is 9.47 Å². The summed E-state index contributed by atoms with van der Waals surface area (Å²) >= 11 is 0. The van der Waals surface area contributed by atoms with Gasteiger partial charge in [0.1, 0.15) is 11.5 Å². The number of hydrogen-bond donors (Lipinski definition) is 1. The fourth-order valence-electron chi connectivity index (χ4n) is 3.54. The first-order chi connectivity index (χ1) is 14.3. The summed E-state index contributed by atoms with van der Waals surface area (Å²) in [7, 11) is -0.166. The maximum absolute atomic E-state index is 6.29. The molecule has 0 saturated carbocycles. The van der Waals surface area contributed by atoms with Crippen LogP contribution in [0.4, 0.5) is 0 Å². The first kappa shape index (κ1) is 23.9. The summed E-state index contributed by atoms with van der Waals surface area (Å²) in [5.74, 6) is 4.70. The second kappa shape index (κ2) is 13.8. The molecule has 0 heterocycles. The highest BCUT2D eigenvalue weighted by molar-refractivity contribution is 8.17. The summed E-state index contributed by atoms with van der Waals surface area (Å²) in [6.45, 7) is 10.6. The van der Waals surface area contributed by atoms with E-state index in [1.807, 2.05) is 0 Å². The van der Waals surface area contributed by atoms with E-state index in [9.17, 15) is 0 Å². The Hall–Kier alpha value is -1.35. The molecule has 164 valence electrons. The molecule has 0 aliphatic heterocycles. The number of unbranched alkanes of at least 4 members (excludes halogenated alkanes) is 4. The Bertz CT molecular complexity index is 705. The highest BCUT2D eigenvalue weighted by atomic mass is 32.2. The van der Waals surface area contributed by atoms with Crippen molar-refractivity contribution in [2.75, 3.05) is 24.7 Å². The third-order valence-corrected chi connectivity index (χ3v) is 8.12. The van der Waals surface area contributed by atoms with E-state index in [-0.39, 0.29) is 10.9 Å². The lowest BCUT2D eigenvalue weighted by atomic mass is 10.1. The van der Waals surface area contributed by atoms with Crippen LogP contribution in [0.5, 0.6) is 11.5 Å². The molecule has 0 aliphatic carbocycles. The van der Waals surface area contributed by atoms with Crippen LogP contribution in [0, 0.1) is 0 Å². The zero-order chi connectivity index (χ0) is 20.9. The molecule has 3 heteroatoms. The summed E-state index contributed by atoms with van der Waals surface area (Å²) in [6.07, 6.45) is 9.65. The molecule has 0 spiro atoms. The van der Waals surface area contributed by atoms with Crippen molar-refractivity contribution in [1.82, 2.24) is 0 Å². The minimum atomic E-state index is -0.166. The number of thiol groups is 1. The summed E-state index contributed by atoms with van der Waals surface area (Å²) < 4.78 is 12.5. The molecule has 2 aromatic carbocycles. The number of rotatable bonds is 15. The van der Waals surface area contributed by atoms with Crippen molar-refractivity contribution >= 4 is 21.7 Å². The van der Waals surface area contributed by atoms with Crippen LogP contribution < -0.4 is 9.47 Å². The van der Waals surface area contributed by atoms with Crippen LogP contribution in [0.2, 0.25) is 0 Å². The second-order valence-corrected chi connectivity index (χ2v) is 10.3. The maximum Gasteiger partial charge on any atom is 0.128 e. The first-order valence-electron chi connectivity index (χ1n) is 11.8. The highest BCUT2D eigenvalue weighted by Gasteiger charge is 2.17. The maximum atomic E-state index is 6.29. The van der Waals surface area contributed by atoms with Crippen LogP contribution >= 0.6 is 10.9 Å². The van der Waals surface area contributed by atoms with Gasteiger partial charge in [0.05, 0.1) is 13.2 Å². The fraction of sp³-hybridized carbons (Fsp3) is 0.615. The van der Waals surface area contributed by atoms with E-state index in [0.717, 1.165) is 50.4 Å². The Morgan fingerprint density at radius 3 is 1.83 bits per heavy atom. The number of benzene rings is 2. The van der Waals surface area contributed by atoms with Crippen molar-refractivity contribution in [3.05, 3.63) is 30.3 Å². The van der Waals surface area contributed by atoms with Gasteiger partial charge in [-0.05, 0) is 60.3 Å². The minimum Gasteiger partial charge on any atom is -0.493 e. The highest BCUT2D eigenvalue weighted by Crippen LogP contribution is 2.47. The molecule has 0 atom stereocenters.